The number of rotatable bonds is 7. The molecule has 0 radical (unpaired) electrons. The highest BCUT2D eigenvalue weighted by Gasteiger charge is 2.16. The van der Waals surface area contributed by atoms with E-state index in [0.29, 0.717) is 5.75 Å². The number of terminal acetylenes is 1. The summed E-state index contributed by atoms with van der Waals surface area (Å²) in [6.07, 6.45) is 7.54. The van der Waals surface area contributed by atoms with Crippen LogP contribution in [0.15, 0.2) is 4.34 Å². The van der Waals surface area contributed by atoms with Crippen LogP contribution in [0.1, 0.15) is 12.8 Å². The van der Waals surface area contributed by atoms with Crippen molar-refractivity contribution in [1.82, 2.24) is 15.5 Å². The van der Waals surface area contributed by atoms with Gasteiger partial charge in [-0.25, -0.2) is 0 Å². The minimum absolute atomic E-state index is 0.1000. The normalized spacial score (nSPS) is 17.6. The highest BCUT2D eigenvalue weighted by molar-refractivity contribution is 8.01. The van der Waals surface area contributed by atoms with Gasteiger partial charge in [-0.3, -0.25) is 4.79 Å². The van der Waals surface area contributed by atoms with Crippen molar-refractivity contribution in [3.05, 3.63) is 0 Å². The van der Waals surface area contributed by atoms with Crippen LogP contribution in [0.4, 0.5) is 5.13 Å². The molecule has 1 aromatic heterocycles. The number of aromatic nitrogens is 2. The van der Waals surface area contributed by atoms with Crippen molar-refractivity contribution in [3.8, 4) is 12.3 Å². The number of ether oxygens (including phenoxy) is 1. The predicted molar refractivity (Wildman–Crippen MR) is 79.9 cm³/mol. The van der Waals surface area contributed by atoms with Gasteiger partial charge in [0.25, 0.3) is 0 Å². The summed E-state index contributed by atoms with van der Waals surface area (Å²) in [6, 6.07) is 0. The lowest BCUT2D eigenvalue weighted by atomic mass is 10.2. The molecule has 0 bridgehead atoms. The molecule has 1 amide bonds. The van der Waals surface area contributed by atoms with Gasteiger partial charge in [-0.05, 0) is 12.8 Å². The quantitative estimate of drug-likeness (QED) is 0.577. The van der Waals surface area contributed by atoms with Crippen molar-refractivity contribution in [2.24, 2.45) is 0 Å². The van der Waals surface area contributed by atoms with Crippen molar-refractivity contribution in [1.29, 1.82) is 0 Å². The standard InChI is InChI=1S/C12H16N4O2S2/c1-2-5-13-10(17)8-19-12-16-15-11(20-12)14-7-9-4-3-6-18-9/h1,9H,3-8H2,(H,13,17)(H,14,15). The summed E-state index contributed by atoms with van der Waals surface area (Å²) >= 11 is 2.79. The SMILES string of the molecule is C#CCNC(=O)CSc1nnc(NCC2CCCO2)s1. The molecule has 2 heterocycles. The lowest BCUT2D eigenvalue weighted by Crippen LogP contribution is -2.25. The molecule has 2 N–H and O–H groups in total. The van der Waals surface area contributed by atoms with Gasteiger partial charge in [-0.15, -0.1) is 16.6 Å². The Morgan fingerprint density at radius 2 is 2.50 bits per heavy atom. The summed E-state index contributed by atoms with van der Waals surface area (Å²) in [4.78, 5) is 11.4. The number of hydrogen-bond donors (Lipinski definition) is 2. The first kappa shape index (κ1) is 15.1. The van der Waals surface area contributed by atoms with Crippen LogP contribution < -0.4 is 10.6 Å². The van der Waals surface area contributed by atoms with Crippen LogP contribution in [-0.4, -0.2) is 47.7 Å². The van der Waals surface area contributed by atoms with Gasteiger partial charge < -0.3 is 15.4 Å². The second-order valence-electron chi connectivity index (χ2n) is 4.16. The van der Waals surface area contributed by atoms with E-state index in [1.807, 2.05) is 0 Å². The molecule has 0 aromatic carbocycles. The van der Waals surface area contributed by atoms with Crippen molar-refractivity contribution in [3.63, 3.8) is 0 Å². The van der Waals surface area contributed by atoms with Crippen LogP contribution in [0, 0.1) is 12.3 Å². The van der Waals surface area contributed by atoms with Crippen LogP contribution in [0.25, 0.3) is 0 Å². The fourth-order valence-corrected chi connectivity index (χ4v) is 3.26. The number of nitrogens with one attached hydrogen (secondary N) is 2. The maximum Gasteiger partial charge on any atom is 0.231 e. The Hall–Kier alpha value is -1.30. The number of hydrogen-bond acceptors (Lipinski definition) is 7. The average molecular weight is 312 g/mol. The summed E-state index contributed by atoms with van der Waals surface area (Å²) in [5, 5.41) is 14.6. The van der Waals surface area contributed by atoms with Crippen LogP contribution in [-0.2, 0) is 9.53 Å². The first-order valence-electron chi connectivity index (χ1n) is 6.30. The van der Waals surface area contributed by atoms with Gasteiger partial charge in [0.15, 0.2) is 4.34 Å². The molecule has 1 unspecified atom stereocenters. The monoisotopic (exact) mass is 312 g/mol. The minimum atomic E-state index is -0.1000. The third-order valence-corrected chi connectivity index (χ3v) is 4.64. The summed E-state index contributed by atoms with van der Waals surface area (Å²) in [6.45, 7) is 1.85. The Morgan fingerprint density at radius 1 is 1.60 bits per heavy atom. The molecule has 0 spiro atoms. The second kappa shape index (κ2) is 8.09. The van der Waals surface area contributed by atoms with Crippen LogP contribution in [0.2, 0.25) is 0 Å². The van der Waals surface area contributed by atoms with Gasteiger partial charge in [0.2, 0.25) is 11.0 Å². The summed E-state index contributed by atoms with van der Waals surface area (Å²) < 4.78 is 6.28. The lowest BCUT2D eigenvalue weighted by Gasteiger charge is -2.08. The van der Waals surface area contributed by atoms with E-state index in [0.717, 1.165) is 35.5 Å². The Labute approximate surface area is 126 Å². The van der Waals surface area contributed by atoms with Gasteiger partial charge in [0, 0.05) is 13.2 Å². The molecule has 1 aliphatic rings. The van der Waals surface area contributed by atoms with Crippen molar-refractivity contribution < 1.29 is 9.53 Å². The molecule has 1 aromatic rings. The fraction of sp³-hybridized carbons (Fsp3) is 0.583. The molecule has 1 atom stereocenters. The third kappa shape index (κ3) is 5.00. The smallest absolute Gasteiger partial charge is 0.231 e. The van der Waals surface area contributed by atoms with E-state index in [9.17, 15) is 4.79 Å². The number of amides is 1. The lowest BCUT2D eigenvalue weighted by molar-refractivity contribution is -0.118. The van der Waals surface area contributed by atoms with E-state index < -0.39 is 0 Å². The Balaban J connectivity index is 1.69. The van der Waals surface area contributed by atoms with Gasteiger partial charge in [0.05, 0.1) is 18.4 Å². The summed E-state index contributed by atoms with van der Waals surface area (Å²) in [7, 11) is 0. The molecule has 8 heteroatoms. The largest absolute Gasteiger partial charge is 0.376 e. The number of carbonyl (C=O) groups is 1. The van der Waals surface area contributed by atoms with Crippen molar-refractivity contribution in [2.75, 3.05) is 30.8 Å². The van der Waals surface area contributed by atoms with Gasteiger partial charge in [0.1, 0.15) is 0 Å². The minimum Gasteiger partial charge on any atom is -0.376 e. The predicted octanol–water partition coefficient (Wildman–Crippen LogP) is 0.970. The molecular formula is C12H16N4O2S2. The molecule has 20 heavy (non-hydrogen) atoms. The fourth-order valence-electron chi connectivity index (χ4n) is 1.67. The molecule has 6 nitrogen and oxygen atoms in total. The van der Waals surface area contributed by atoms with E-state index >= 15 is 0 Å². The van der Waals surface area contributed by atoms with Gasteiger partial charge in [-0.2, -0.15) is 0 Å². The second-order valence-corrected chi connectivity index (χ2v) is 6.36. The zero-order chi connectivity index (χ0) is 14.2. The third-order valence-electron chi connectivity index (χ3n) is 2.63. The van der Waals surface area contributed by atoms with E-state index in [4.69, 9.17) is 11.2 Å². The van der Waals surface area contributed by atoms with Crippen molar-refractivity contribution in [2.45, 2.75) is 23.3 Å². The van der Waals surface area contributed by atoms with E-state index in [1.165, 1.54) is 23.1 Å². The molecule has 1 saturated heterocycles. The van der Waals surface area contributed by atoms with E-state index in [-0.39, 0.29) is 18.6 Å². The van der Waals surface area contributed by atoms with Crippen LogP contribution >= 0.6 is 23.1 Å². The van der Waals surface area contributed by atoms with Crippen LogP contribution in [0.5, 0.6) is 0 Å². The number of anilines is 1. The Morgan fingerprint density at radius 3 is 3.25 bits per heavy atom. The highest BCUT2D eigenvalue weighted by Crippen LogP contribution is 2.25. The molecule has 0 saturated carbocycles. The number of nitrogens with zero attached hydrogens (tertiary/aromatic N) is 2. The Bertz CT molecular complexity index is 480. The Kier molecular flexibility index (Phi) is 6.11. The number of thioether (sulfide) groups is 1. The molecule has 1 aliphatic heterocycles. The number of carbonyl (C=O) groups excluding carboxylic acids is 1. The average Bonchev–Trinajstić information content (AvgIpc) is 3.11. The van der Waals surface area contributed by atoms with Crippen LogP contribution in [0.3, 0.4) is 0 Å². The van der Waals surface area contributed by atoms with Crippen molar-refractivity contribution >= 4 is 34.1 Å². The van der Waals surface area contributed by atoms with E-state index in [2.05, 4.69) is 26.8 Å². The van der Waals surface area contributed by atoms with Gasteiger partial charge in [-0.1, -0.05) is 29.0 Å². The van der Waals surface area contributed by atoms with E-state index in [1.54, 1.807) is 0 Å². The maximum absolute atomic E-state index is 11.4. The molecule has 2 rings (SSSR count). The molecule has 108 valence electrons. The maximum atomic E-state index is 11.4. The highest BCUT2D eigenvalue weighted by atomic mass is 32.2. The summed E-state index contributed by atoms with van der Waals surface area (Å²) in [5.41, 5.74) is 0. The van der Waals surface area contributed by atoms with Gasteiger partial charge >= 0.3 is 0 Å². The first-order valence-corrected chi connectivity index (χ1v) is 8.10. The topological polar surface area (TPSA) is 76.1 Å². The zero-order valence-electron chi connectivity index (χ0n) is 10.9. The first-order chi connectivity index (χ1) is 9.78. The summed E-state index contributed by atoms with van der Waals surface area (Å²) in [5.74, 6) is 2.55. The molecule has 0 aliphatic carbocycles. The molecular weight excluding hydrogens is 296 g/mol. The molecule has 1 fully saturated rings. The zero-order valence-corrected chi connectivity index (χ0v) is 12.6.